The third-order valence-electron chi connectivity index (χ3n) is 12.6. The number of ketones is 1. The lowest BCUT2D eigenvalue weighted by Gasteiger charge is -2.28. The summed E-state index contributed by atoms with van der Waals surface area (Å²) in [6.07, 6.45) is 10.2. The molecule has 2 aromatic heterocycles. The number of thiazole rings is 1. The zero-order valence-electron chi connectivity index (χ0n) is 32.4. The molecule has 54 heavy (non-hydrogen) atoms. The molecule has 3 fully saturated rings. The first kappa shape index (κ1) is 38.6. The topological polar surface area (TPSA) is 136 Å². The normalized spacial score (nSPS) is 27.9. The van der Waals surface area contributed by atoms with Gasteiger partial charge in [-0.25, -0.2) is 18.4 Å². The molecule has 0 bridgehead atoms. The monoisotopic (exact) mass is 774 g/mol. The van der Waals surface area contributed by atoms with Crippen LogP contribution in [0, 0.1) is 31.1 Å². The molecule has 0 radical (unpaired) electrons. The Morgan fingerprint density at radius 3 is 2.61 bits per heavy atom. The number of Topliss-reactive ketones (excluding diaryl/α,β-unsaturated/α-hetero) is 1. The lowest BCUT2D eigenvalue weighted by Crippen LogP contribution is -2.47. The minimum absolute atomic E-state index is 0.0548. The highest BCUT2D eigenvalue weighted by atomic mass is 32.2. The van der Waals surface area contributed by atoms with Crippen molar-refractivity contribution in [1.82, 2.24) is 19.6 Å². The van der Waals surface area contributed by atoms with Crippen LogP contribution in [0.15, 0.2) is 35.7 Å². The molecule has 2 aliphatic carbocycles. The van der Waals surface area contributed by atoms with E-state index in [1.165, 1.54) is 0 Å². The Kier molecular flexibility index (Phi) is 10.6. The molecule has 7 rings (SSSR count). The molecule has 2 aliphatic heterocycles. The zero-order chi connectivity index (χ0) is 38.6. The van der Waals surface area contributed by atoms with Crippen molar-refractivity contribution in [3.63, 3.8) is 0 Å². The predicted octanol–water partition coefficient (Wildman–Crippen LogP) is 7.96. The molecular formula is C42H54N4O6S2. The van der Waals surface area contributed by atoms with E-state index >= 15 is 0 Å². The van der Waals surface area contributed by atoms with Crippen LogP contribution in [0.3, 0.4) is 0 Å². The maximum Gasteiger partial charge on any atom is 0.240 e. The van der Waals surface area contributed by atoms with Gasteiger partial charge in [-0.1, -0.05) is 51.8 Å². The van der Waals surface area contributed by atoms with Gasteiger partial charge in [0.25, 0.3) is 0 Å². The third kappa shape index (κ3) is 7.36. The van der Waals surface area contributed by atoms with E-state index in [1.807, 2.05) is 25.1 Å². The smallest absolute Gasteiger partial charge is 0.240 e. The maximum atomic E-state index is 14.6. The largest absolute Gasteiger partial charge is 0.488 e. The van der Waals surface area contributed by atoms with Gasteiger partial charge in [-0.15, -0.1) is 11.3 Å². The first-order chi connectivity index (χ1) is 25.7. The zero-order valence-corrected chi connectivity index (χ0v) is 34.1. The van der Waals surface area contributed by atoms with Gasteiger partial charge in [0.1, 0.15) is 22.6 Å². The number of benzene rings is 1. The fraction of sp³-hybridized carbons (Fsp3) is 0.595. The molecule has 10 nitrogen and oxygen atoms in total. The number of amides is 2. The van der Waals surface area contributed by atoms with Crippen molar-refractivity contribution in [1.29, 1.82) is 0 Å². The van der Waals surface area contributed by atoms with E-state index < -0.39 is 38.2 Å². The second kappa shape index (κ2) is 14.8. The van der Waals surface area contributed by atoms with Crippen LogP contribution in [0.5, 0.6) is 5.75 Å². The SMILES string of the molecule is CC[C@H]1CCCCC/C=C\[C@H]2C[C@@]2(C(=O)NS(=O)(=O)C2(C)CC2)CC(=O)[C@@H]2CC(Oc3cc(-c4nc(C(C)C)cs4)nc4c(C)c(C)ccc34)CN2C1=O. The van der Waals surface area contributed by atoms with Crippen LogP contribution in [-0.4, -0.2) is 64.3 Å². The van der Waals surface area contributed by atoms with Crippen molar-refractivity contribution in [2.75, 3.05) is 6.54 Å². The number of pyridine rings is 1. The van der Waals surface area contributed by atoms with Crippen molar-refractivity contribution in [3.8, 4) is 16.5 Å². The molecule has 4 aliphatic rings. The molecule has 0 spiro atoms. The lowest BCUT2D eigenvalue weighted by atomic mass is 9.91. The van der Waals surface area contributed by atoms with Crippen LogP contribution >= 0.6 is 11.3 Å². The quantitative estimate of drug-likeness (QED) is 0.228. The van der Waals surface area contributed by atoms with Crippen molar-refractivity contribution in [2.24, 2.45) is 17.3 Å². The summed E-state index contributed by atoms with van der Waals surface area (Å²) in [6.45, 7) is 12.2. The average Bonchev–Trinajstić information content (AvgIpc) is 3.90. The van der Waals surface area contributed by atoms with E-state index in [1.54, 1.807) is 23.2 Å². The van der Waals surface area contributed by atoms with Crippen LogP contribution in [0.25, 0.3) is 21.6 Å². The van der Waals surface area contributed by atoms with Gasteiger partial charge in [-0.2, -0.15) is 0 Å². The fourth-order valence-corrected chi connectivity index (χ4v) is 10.4. The van der Waals surface area contributed by atoms with Gasteiger partial charge in [-0.05, 0) is 94.7 Å². The minimum Gasteiger partial charge on any atom is -0.488 e. The summed E-state index contributed by atoms with van der Waals surface area (Å²) in [5, 5.41) is 3.72. The molecule has 3 aromatic rings. The summed E-state index contributed by atoms with van der Waals surface area (Å²) in [5.74, 6) is -0.459. The molecule has 4 heterocycles. The Morgan fingerprint density at radius 2 is 1.91 bits per heavy atom. The number of aryl methyl sites for hydroxylation is 2. The minimum atomic E-state index is -3.89. The number of fused-ring (bicyclic) bond motifs is 3. The summed E-state index contributed by atoms with van der Waals surface area (Å²) in [6, 6.07) is 5.20. The maximum absolute atomic E-state index is 14.6. The molecule has 1 N–H and O–H groups in total. The Hall–Kier alpha value is -3.64. The third-order valence-corrected chi connectivity index (χ3v) is 15.6. The fourth-order valence-electron chi connectivity index (χ4n) is 8.16. The number of aromatic nitrogens is 2. The number of ether oxygens (including phenoxy) is 1. The van der Waals surface area contributed by atoms with Crippen molar-refractivity contribution in [2.45, 2.75) is 135 Å². The van der Waals surface area contributed by atoms with Crippen LogP contribution in [-0.2, 0) is 24.4 Å². The molecule has 2 amide bonds. The van der Waals surface area contributed by atoms with Gasteiger partial charge in [0.2, 0.25) is 21.8 Å². The van der Waals surface area contributed by atoms with Gasteiger partial charge in [0.05, 0.1) is 34.0 Å². The summed E-state index contributed by atoms with van der Waals surface area (Å²) in [7, 11) is -3.89. The lowest BCUT2D eigenvalue weighted by molar-refractivity contribution is -0.142. The molecule has 2 saturated carbocycles. The number of carbonyl (C=O) groups is 3. The number of rotatable bonds is 8. The van der Waals surface area contributed by atoms with E-state index in [0.29, 0.717) is 37.1 Å². The Morgan fingerprint density at radius 1 is 1.13 bits per heavy atom. The Labute approximate surface area is 323 Å². The number of carbonyl (C=O) groups excluding carboxylic acids is 3. The van der Waals surface area contributed by atoms with Crippen molar-refractivity contribution < 1.29 is 27.5 Å². The molecule has 1 aromatic carbocycles. The van der Waals surface area contributed by atoms with Crippen LogP contribution in [0.2, 0.25) is 0 Å². The highest BCUT2D eigenvalue weighted by Crippen LogP contribution is 2.57. The van der Waals surface area contributed by atoms with Gasteiger partial charge >= 0.3 is 0 Å². The summed E-state index contributed by atoms with van der Waals surface area (Å²) in [4.78, 5) is 54.5. The Bertz CT molecular complexity index is 2100. The number of allylic oxidation sites excluding steroid dienone is 2. The van der Waals surface area contributed by atoms with E-state index in [2.05, 4.69) is 49.9 Å². The van der Waals surface area contributed by atoms with E-state index in [0.717, 1.165) is 64.8 Å². The number of sulfonamides is 1. The van der Waals surface area contributed by atoms with Crippen molar-refractivity contribution >= 4 is 49.9 Å². The number of nitrogens with zero attached hydrogens (tertiary/aromatic N) is 3. The number of hydrogen-bond donors (Lipinski definition) is 1. The predicted molar refractivity (Wildman–Crippen MR) is 212 cm³/mol. The molecule has 1 unspecified atom stereocenters. The number of hydrogen-bond acceptors (Lipinski definition) is 9. The molecular weight excluding hydrogens is 721 g/mol. The highest BCUT2D eigenvalue weighted by Gasteiger charge is 2.62. The van der Waals surface area contributed by atoms with Gasteiger partial charge in [-0.3, -0.25) is 19.1 Å². The first-order valence-corrected chi connectivity index (χ1v) is 22.1. The first-order valence-electron chi connectivity index (χ1n) is 19.8. The summed E-state index contributed by atoms with van der Waals surface area (Å²) < 4.78 is 34.7. The summed E-state index contributed by atoms with van der Waals surface area (Å²) >= 11 is 1.55. The molecule has 1 saturated heterocycles. The average molecular weight is 775 g/mol. The second-order valence-corrected chi connectivity index (χ2v) is 19.8. The second-order valence-electron chi connectivity index (χ2n) is 16.8. The standard InChI is InChI=1S/C42H54N4O6S2/c1-7-28-13-11-9-8-10-12-14-29-21-42(29,40(49)45-54(50,51)41(6)17-18-41)22-35(47)34-19-30(23-46(34)39(28)48)52-36-20-32(38-44-33(24-53-38)25(2)3)43-37-27(5)26(4)15-16-31(36)37/h12,14-16,20,24-25,28-30,34H,7-11,13,17-19,21-23H2,1-6H3,(H,45,49)/b14-12-/t28-,29-,30?,34-,42+/m0/s1. The van der Waals surface area contributed by atoms with Gasteiger partial charge < -0.3 is 9.64 Å². The Balaban J connectivity index is 1.22. The molecule has 5 atom stereocenters. The van der Waals surface area contributed by atoms with Crippen molar-refractivity contribution in [3.05, 3.63) is 52.6 Å². The highest BCUT2D eigenvalue weighted by molar-refractivity contribution is 7.91. The van der Waals surface area contributed by atoms with Gasteiger partial charge in [0, 0.05) is 35.6 Å². The molecule has 12 heteroatoms. The van der Waals surface area contributed by atoms with E-state index in [4.69, 9.17) is 14.7 Å². The van der Waals surface area contributed by atoms with Crippen LogP contribution in [0.1, 0.15) is 121 Å². The number of nitrogens with one attached hydrogen (secondary N) is 1. The van der Waals surface area contributed by atoms with Crippen LogP contribution in [0.4, 0.5) is 0 Å². The van der Waals surface area contributed by atoms with Gasteiger partial charge in [0.15, 0.2) is 5.78 Å². The molecule has 290 valence electrons. The van der Waals surface area contributed by atoms with Crippen LogP contribution < -0.4 is 9.46 Å². The summed E-state index contributed by atoms with van der Waals surface area (Å²) in [5.41, 5.74) is 3.53. The van der Waals surface area contributed by atoms with E-state index in [-0.39, 0.29) is 48.8 Å². The van der Waals surface area contributed by atoms with E-state index in [9.17, 15) is 22.8 Å².